The smallest absolute Gasteiger partial charge is 0.351 e. The Kier molecular flexibility index (Phi) is 9.45. The van der Waals surface area contributed by atoms with Gasteiger partial charge in [-0.3, -0.25) is 14.4 Å². The van der Waals surface area contributed by atoms with Crippen LogP contribution in [0.15, 0.2) is 28.1 Å². The van der Waals surface area contributed by atoms with E-state index in [9.17, 15) is 34.8 Å². The van der Waals surface area contributed by atoms with Gasteiger partial charge < -0.3 is 58.5 Å². The minimum Gasteiger partial charge on any atom is -0.479 e. The number of carboxylic acids is 1. The number of hydrogen-bond acceptors (Lipinski definition) is 12. The molecule has 0 bridgehead atoms. The fourth-order valence-corrected chi connectivity index (χ4v) is 3.43. The summed E-state index contributed by atoms with van der Waals surface area (Å²) in [4.78, 5) is 44.1. The number of aliphatic hydroxyl groups excluding tert-OH is 3. The molecule has 0 radical (unpaired) electrons. The van der Waals surface area contributed by atoms with E-state index in [1.807, 2.05) is 0 Å². The predicted molar refractivity (Wildman–Crippen MR) is 123 cm³/mol. The first-order chi connectivity index (χ1) is 16.8. The van der Waals surface area contributed by atoms with E-state index in [2.05, 4.69) is 15.3 Å². The molecule has 0 aromatic carbocycles. The number of carbonyl (C=O) groups is 2. The second-order valence-corrected chi connectivity index (χ2v) is 8.01. The average molecular weight is 514 g/mol. The van der Waals surface area contributed by atoms with E-state index in [0.717, 1.165) is 10.8 Å². The zero-order chi connectivity index (χ0) is 27.2. The van der Waals surface area contributed by atoms with Crippen LogP contribution < -0.4 is 33.9 Å². The van der Waals surface area contributed by atoms with E-state index >= 15 is 0 Å². The van der Waals surface area contributed by atoms with E-state index in [1.165, 1.54) is 12.2 Å². The van der Waals surface area contributed by atoms with Crippen LogP contribution in [0.25, 0.3) is 0 Å². The van der Waals surface area contributed by atoms with Gasteiger partial charge in [-0.25, -0.2) is 9.59 Å². The molecule has 4 unspecified atom stereocenters. The lowest BCUT2D eigenvalue weighted by molar-refractivity contribution is -0.197. The van der Waals surface area contributed by atoms with Gasteiger partial charge in [0.1, 0.15) is 18.0 Å². The second-order valence-electron chi connectivity index (χ2n) is 8.01. The summed E-state index contributed by atoms with van der Waals surface area (Å²) in [7, 11) is 0. The summed E-state index contributed by atoms with van der Waals surface area (Å²) in [5, 5.41) is 52.3. The first-order valence-electron chi connectivity index (χ1n) is 10.5. The molecule has 200 valence electrons. The molecule has 1 amide bonds. The minimum absolute atomic E-state index is 0.0636. The number of anilines is 1. The van der Waals surface area contributed by atoms with Crippen molar-refractivity contribution in [2.45, 2.75) is 49.1 Å². The standard InChI is InChI=1S/C19H30N8O9/c20-10(7-29)15(31)25-11-1-2-12(27-5-8(6-28)14(21)26-18(27)34)36-13(11)19(35,16(32)33)3-9(30)4-24-17(22)23/h1-2,5,9-13,28-30,35H,3-4,6-7,20H2,(H,25,31)(H,32,33)(H2,21,26,34)(H4,22,23,24)/t9-,10-,11?,12?,13?,19?/m1/s1. The Labute approximate surface area is 203 Å². The number of aliphatic imine (C=N–C) groups is 1. The normalized spacial score (nSPS) is 22.8. The molecule has 17 nitrogen and oxygen atoms in total. The number of amides is 1. The maximum Gasteiger partial charge on any atom is 0.351 e. The lowest BCUT2D eigenvalue weighted by Gasteiger charge is -2.41. The Morgan fingerprint density at radius 3 is 2.53 bits per heavy atom. The van der Waals surface area contributed by atoms with Gasteiger partial charge in [-0.2, -0.15) is 4.98 Å². The number of ether oxygens (including phenoxy) is 1. The molecule has 1 aromatic rings. The van der Waals surface area contributed by atoms with Crippen LogP contribution in [-0.2, 0) is 20.9 Å². The quantitative estimate of drug-likeness (QED) is 0.0748. The predicted octanol–water partition coefficient (Wildman–Crippen LogP) is -5.58. The number of hydrogen-bond donors (Lipinski definition) is 10. The van der Waals surface area contributed by atoms with Gasteiger partial charge in [0.15, 0.2) is 17.8 Å². The topological polar surface area (TPSA) is 308 Å². The van der Waals surface area contributed by atoms with Crippen LogP contribution in [0, 0.1) is 0 Å². The van der Waals surface area contributed by atoms with E-state index < -0.39 is 79.9 Å². The summed E-state index contributed by atoms with van der Waals surface area (Å²) in [6.07, 6.45) is -2.01. The fraction of sp³-hybridized carbons (Fsp3) is 0.526. The molecule has 1 aliphatic rings. The third-order valence-corrected chi connectivity index (χ3v) is 5.32. The van der Waals surface area contributed by atoms with Crippen LogP contribution in [0.5, 0.6) is 0 Å². The van der Waals surface area contributed by atoms with Crippen LogP contribution in [0.1, 0.15) is 18.2 Å². The SMILES string of the molecule is NC(N)=NC[C@H](O)CC(O)(C(=O)O)C1OC(n2cc(CO)c(N)nc2=O)C=CC1NC(=O)[C@H](N)CO. The maximum absolute atomic E-state index is 12.4. The van der Waals surface area contributed by atoms with Gasteiger partial charge in [0.05, 0.1) is 31.9 Å². The summed E-state index contributed by atoms with van der Waals surface area (Å²) in [6, 6.07) is -2.73. The number of carbonyl (C=O) groups excluding carboxylic acids is 1. The highest BCUT2D eigenvalue weighted by Crippen LogP contribution is 2.31. The summed E-state index contributed by atoms with van der Waals surface area (Å²) in [5.41, 5.74) is 17.8. The number of aliphatic carboxylic acids is 1. The molecule has 0 fully saturated rings. The molecular formula is C19H30N8O9. The molecule has 0 saturated heterocycles. The van der Waals surface area contributed by atoms with Crippen molar-refractivity contribution in [3.05, 3.63) is 34.4 Å². The molecule has 0 spiro atoms. The van der Waals surface area contributed by atoms with Gasteiger partial charge in [0, 0.05) is 18.2 Å². The molecule has 36 heavy (non-hydrogen) atoms. The third kappa shape index (κ3) is 6.53. The van der Waals surface area contributed by atoms with E-state index in [4.69, 9.17) is 32.8 Å². The Morgan fingerprint density at radius 1 is 1.31 bits per heavy atom. The molecular weight excluding hydrogens is 484 g/mol. The van der Waals surface area contributed by atoms with Gasteiger partial charge in [-0.15, -0.1) is 0 Å². The van der Waals surface area contributed by atoms with Crippen molar-refractivity contribution in [3.8, 4) is 0 Å². The molecule has 2 heterocycles. The number of nitrogens with zero attached hydrogens (tertiary/aromatic N) is 3. The highest BCUT2D eigenvalue weighted by molar-refractivity contribution is 5.83. The highest BCUT2D eigenvalue weighted by Gasteiger charge is 2.52. The van der Waals surface area contributed by atoms with E-state index in [1.54, 1.807) is 0 Å². The van der Waals surface area contributed by atoms with Gasteiger partial charge in [-0.05, 0) is 6.08 Å². The van der Waals surface area contributed by atoms with Crippen LogP contribution in [0.4, 0.5) is 5.82 Å². The second kappa shape index (κ2) is 11.9. The Bertz CT molecular complexity index is 1070. The first-order valence-corrected chi connectivity index (χ1v) is 10.5. The molecule has 17 heteroatoms. The number of carboxylic acid groups (broad SMARTS) is 1. The maximum atomic E-state index is 12.4. The number of nitrogens with two attached hydrogens (primary N) is 4. The minimum atomic E-state index is -2.87. The zero-order valence-corrected chi connectivity index (χ0v) is 19.0. The number of aliphatic hydroxyl groups is 4. The molecule has 6 atom stereocenters. The summed E-state index contributed by atoms with van der Waals surface area (Å²) >= 11 is 0. The van der Waals surface area contributed by atoms with E-state index in [0.29, 0.717) is 0 Å². The summed E-state index contributed by atoms with van der Waals surface area (Å²) in [6.45, 7) is -1.77. The molecule has 2 rings (SSSR count). The van der Waals surface area contributed by atoms with Crippen LogP contribution in [-0.4, -0.2) is 96.0 Å². The van der Waals surface area contributed by atoms with Crippen LogP contribution >= 0.6 is 0 Å². The van der Waals surface area contributed by atoms with Crippen molar-refractivity contribution >= 4 is 23.7 Å². The average Bonchev–Trinajstić information content (AvgIpc) is 2.82. The number of rotatable bonds is 11. The van der Waals surface area contributed by atoms with E-state index in [-0.39, 0.29) is 17.3 Å². The number of nitrogen functional groups attached to an aromatic ring is 1. The molecule has 0 saturated carbocycles. The third-order valence-electron chi connectivity index (χ3n) is 5.32. The van der Waals surface area contributed by atoms with Crippen molar-refractivity contribution in [3.63, 3.8) is 0 Å². The largest absolute Gasteiger partial charge is 0.479 e. The molecule has 0 aliphatic carbocycles. The number of aromatic nitrogens is 2. The highest BCUT2D eigenvalue weighted by atomic mass is 16.5. The molecule has 14 N–H and O–H groups in total. The molecule has 1 aromatic heterocycles. The zero-order valence-electron chi connectivity index (χ0n) is 19.0. The van der Waals surface area contributed by atoms with Crippen molar-refractivity contribution in [1.82, 2.24) is 14.9 Å². The summed E-state index contributed by atoms with van der Waals surface area (Å²) in [5.74, 6) is -3.36. The Balaban J connectivity index is 2.52. The van der Waals surface area contributed by atoms with Gasteiger partial charge in [0.25, 0.3) is 0 Å². The van der Waals surface area contributed by atoms with Gasteiger partial charge in [0.2, 0.25) is 5.91 Å². The monoisotopic (exact) mass is 514 g/mol. The lowest BCUT2D eigenvalue weighted by Crippen LogP contribution is -2.63. The van der Waals surface area contributed by atoms with Crippen molar-refractivity contribution in [2.75, 3.05) is 18.9 Å². The number of guanidine groups is 1. The molecule has 1 aliphatic heterocycles. The van der Waals surface area contributed by atoms with Crippen molar-refractivity contribution in [1.29, 1.82) is 0 Å². The Morgan fingerprint density at radius 2 is 1.97 bits per heavy atom. The summed E-state index contributed by atoms with van der Waals surface area (Å²) < 4.78 is 6.62. The fourth-order valence-electron chi connectivity index (χ4n) is 3.43. The van der Waals surface area contributed by atoms with Crippen LogP contribution in [0.3, 0.4) is 0 Å². The van der Waals surface area contributed by atoms with Gasteiger partial charge >= 0.3 is 11.7 Å². The first kappa shape index (κ1) is 28.6. The van der Waals surface area contributed by atoms with Crippen molar-refractivity contribution in [2.24, 2.45) is 22.2 Å². The Hall–Kier alpha value is -3.61. The number of nitrogens with one attached hydrogen (secondary N) is 1. The lowest BCUT2D eigenvalue weighted by atomic mass is 9.84. The van der Waals surface area contributed by atoms with Crippen molar-refractivity contribution < 1.29 is 39.9 Å². The van der Waals surface area contributed by atoms with Crippen LogP contribution in [0.2, 0.25) is 0 Å². The van der Waals surface area contributed by atoms with Gasteiger partial charge in [-0.1, -0.05) is 6.08 Å².